The SMILES string of the molecule is CC(C)(C)c1ccc([C@@H](CN)N2CCCC2)cc1. The highest BCUT2D eigenvalue weighted by molar-refractivity contribution is 5.29. The molecule has 18 heavy (non-hydrogen) atoms. The predicted molar refractivity (Wildman–Crippen MR) is 77.7 cm³/mol. The molecular weight excluding hydrogens is 220 g/mol. The molecule has 1 atom stereocenters. The summed E-state index contributed by atoms with van der Waals surface area (Å²) >= 11 is 0. The standard InChI is InChI=1S/C16H26N2/c1-16(2,3)14-8-6-13(7-9-14)15(12-17)18-10-4-5-11-18/h6-9,15H,4-5,10-12,17H2,1-3H3/t15-/m1/s1. The Hall–Kier alpha value is -0.860. The fourth-order valence-electron chi connectivity index (χ4n) is 2.75. The van der Waals surface area contributed by atoms with Crippen LogP contribution in [0.1, 0.15) is 50.8 Å². The first-order valence-corrected chi connectivity index (χ1v) is 7.07. The number of hydrogen-bond donors (Lipinski definition) is 1. The fourth-order valence-corrected chi connectivity index (χ4v) is 2.75. The van der Waals surface area contributed by atoms with Crippen LogP contribution in [0.25, 0.3) is 0 Å². The summed E-state index contributed by atoms with van der Waals surface area (Å²) < 4.78 is 0. The summed E-state index contributed by atoms with van der Waals surface area (Å²) in [6.07, 6.45) is 2.63. The Labute approximate surface area is 111 Å². The van der Waals surface area contributed by atoms with Crippen molar-refractivity contribution < 1.29 is 0 Å². The quantitative estimate of drug-likeness (QED) is 0.888. The molecule has 1 aromatic rings. The van der Waals surface area contributed by atoms with Gasteiger partial charge in [-0.3, -0.25) is 4.90 Å². The van der Waals surface area contributed by atoms with Crippen LogP contribution in [0.3, 0.4) is 0 Å². The van der Waals surface area contributed by atoms with E-state index < -0.39 is 0 Å². The summed E-state index contributed by atoms with van der Waals surface area (Å²) in [5.41, 5.74) is 8.95. The van der Waals surface area contributed by atoms with Crippen molar-refractivity contribution in [2.75, 3.05) is 19.6 Å². The third kappa shape index (κ3) is 2.93. The van der Waals surface area contributed by atoms with E-state index in [-0.39, 0.29) is 5.41 Å². The summed E-state index contributed by atoms with van der Waals surface area (Å²) in [6.45, 7) is 9.87. The lowest BCUT2D eigenvalue weighted by Gasteiger charge is -2.27. The van der Waals surface area contributed by atoms with Crippen LogP contribution in [0.2, 0.25) is 0 Å². The van der Waals surface area contributed by atoms with Gasteiger partial charge in [-0.05, 0) is 42.5 Å². The summed E-state index contributed by atoms with van der Waals surface area (Å²) in [5, 5.41) is 0. The lowest BCUT2D eigenvalue weighted by atomic mass is 9.86. The van der Waals surface area contributed by atoms with Crippen molar-refractivity contribution >= 4 is 0 Å². The van der Waals surface area contributed by atoms with Crippen LogP contribution < -0.4 is 5.73 Å². The van der Waals surface area contributed by atoms with Crippen LogP contribution in [0.5, 0.6) is 0 Å². The van der Waals surface area contributed by atoms with Crippen molar-refractivity contribution in [1.29, 1.82) is 0 Å². The number of rotatable bonds is 3. The van der Waals surface area contributed by atoms with Gasteiger partial charge in [0.25, 0.3) is 0 Å². The molecule has 1 aliphatic rings. The molecule has 1 aromatic carbocycles. The molecule has 2 nitrogen and oxygen atoms in total. The van der Waals surface area contributed by atoms with Gasteiger partial charge >= 0.3 is 0 Å². The van der Waals surface area contributed by atoms with Gasteiger partial charge in [-0.25, -0.2) is 0 Å². The number of likely N-dealkylation sites (tertiary alicyclic amines) is 1. The summed E-state index contributed by atoms with van der Waals surface area (Å²) in [7, 11) is 0. The maximum atomic E-state index is 5.97. The molecule has 2 N–H and O–H groups in total. The van der Waals surface area contributed by atoms with Gasteiger partial charge in [0, 0.05) is 12.6 Å². The molecule has 2 rings (SSSR count). The fraction of sp³-hybridized carbons (Fsp3) is 0.625. The first-order valence-electron chi connectivity index (χ1n) is 7.07. The molecule has 0 radical (unpaired) electrons. The zero-order valence-electron chi connectivity index (χ0n) is 11.9. The third-order valence-corrected chi connectivity index (χ3v) is 3.97. The Kier molecular flexibility index (Phi) is 4.08. The molecule has 1 aliphatic heterocycles. The normalized spacial score (nSPS) is 19.1. The van der Waals surface area contributed by atoms with Gasteiger partial charge in [-0.1, -0.05) is 45.0 Å². The zero-order chi connectivity index (χ0) is 13.2. The van der Waals surface area contributed by atoms with E-state index >= 15 is 0 Å². The van der Waals surface area contributed by atoms with Crippen molar-refractivity contribution in [2.24, 2.45) is 5.73 Å². The topological polar surface area (TPSA) is 29.3 Å². The Morgan fingerprint density at radius 3 is 2.11 bits per heavy atom. The molecule has 1 fully saturated rings. The highest BCUT2D eigenvalue weighted by atomic mass is 15.2. The Morgan fingerprint density at radius 1 is 1.11 bits per heavy atom. The van der Waals surface area contributed by atoms with E-state index in [9.17, 15) is 0 Å². The van der Waals surface area contributed by atoms with Gasteiger partial charge in [-0.15, -0.1) is 0 Å². The van der Waals surface area contributed by atoms with Gasteiger partial charge < -0.3 is 5.73 Å². The van der Waals surface area contributed by atoms with E-state index in [0.29, 0.717) is 6.04 Å². The van der Waals surface area contributed by atoms with E-state index in [4.69, 9.17) is 5.73 Å². The largest absolute Gasteiger partial charge is 0.329 e. The molecule has 0 aromatic heterocycles. The number of benzene rings is 1. The second-order valence-electron chi connectivity index (χ2n) is 6.37. The lowest BCUT2D eigenvalue weighted by molar-refractivity contribution is 0.251. The summed E-state index contributed by atoms with van der Waals surface area (Å²) in [6, 6.07) is 9.44. The average Bonchev–Trinajstić information content (AvgIpc) is 2.83. The minimum atomic E-state index is 0.227. The molecule has 1 saturated heterocycles. The van der Waals surface area contributed by atoms with Gasteiger partial charge in [0.1, 0.15) is 0 Å². The minimum absolute atomic E-state index is 0.227. The van der Waals surface area contributed by atoms with Gasteiger partial charge in [-0.2, -0.15) is 0 Å². The maximum Gasteiger partial charge on any atom is 0.0470 e. The van der Waals surface area contributed by atoms with E-state index in [0.717, 1.165) is 6.54 Å². The number of hydrogen-bond acceptors (Lipinski definition) is 2. The van der Waals surface area contributed by atoms with Crippen LogP contribution in [-0.2, 0) is 5.41 Å². The highest BCUT2D eigenvalue weighted by Gasteiger charge is 2.22. The summed E-state index contributed by atoms with van der Waals surface area (Å²) in [4.78, 5) is 2.52. The van der Waals surface area contributed by atoms with Crippen LogP contribution in [0.15, 0.2) is 24.3 Å². The van der Waals surface area contributed by atoms with Crippen molar-refractivity contribution in [1.82, 2.24) is 4.90 Å². The molecule has 0 amide bonds. The first kappa shape index (κ1) is 13.6. The van der Waals surface area contributed by atoms with Crippen LogP contribution >= 0.6 is 0 Å². The van der Waals surface area contributed by atoms with Gasteiger partial charge in [0.2, 0.25) is 0 Å². The van der Waals surface area contributed by atoms with Crippen molar-refractivity contribution in [3.63, 3.8) is 0 Å². The van der Waals surface area contributed by atoms with Gasteiger partial charge in [0.05, 0.1) is 0 Å². The molecular formula is C16H26N2. The number of nitrogens with zero attached hydrogens (tertiary/aromatic N) is 1. The highest BCUT2D eigenvalue weighted by Crippen LogP contribution is 2.27. The molecule has 0 aliphatic carbocycles. The molecule has 0 spiro atoms. The van der Waals surface area contributed by atoms with Crippen molar-refractivity contribution in [2.45, 2.75) is 45.1 Å². The smallest absolute Gasteiger partial charge is 0.0470 e. The van der Waals surface area contributed by atoms with E-state index in [1.807, 2.05) is 0 Å². The minimum Gasteiger partial charge on any atom is -0.329 e. The molecule has 0 saturated carbocycles. The average molecular weight is 246 g/mol. The van der Waals surface area contributed by atoms with E-state index in [2.05, 4.69) is 49.9 Å². The second-order valence-corrected chi connectivity index (χ2v) is 6.37. The first-order chi connectivity index (χ1) is 8.52. The Morgan fingerprint density at radius 2 is 1.67 bits per heavy atom. The zero-order valence-corrected chi connectivity index (χ0v) is 11.9. The molecule has 100 valence electrons. The number of nitrogens with two attached hydrogens (primary N) is 1. The van der Waals surface area contributed by atoms with E-state index in [1.54, 1.807) is 0 Å². The third-order valence-electron chi connectivity index (χ3n) is 3.97. The van der Waals surface area contributed by atoms with Crippen molar-refractivity contribution in [3.8, 4) is 0 Å². The molecule has 0 bridgehead atoms. The van der Waals surface area contributed by atoms with E-state index in [1.165, 1.54) is 37.1 Å². The Bertz CT molecular complexity index is 369. The summed E-state index contributed by atoms with van der Waals surface area (Å²) in [5.74, 6) is 0. The molecule has 1 heterocycles. The lowest BCUT2D eigenvalue weighted by Crippen LogP contribution is -2.31. The Balaban J connectivity index is 2.16. The van der Waals surface area contributed by atoms with Gasteiger partial charge in [0.15, 0.2) is 0 Å². The second kappa shape index (κ2) is 5.41. The maximum absolute atomic E-state index is 5.97. The molecule has 2 heteroatoms. The molecule has 0 unspecified atom stereocenters. The van der Waals surface area contributed by atoms with Crippen molar-refractivity contribution in [3.05, 3.63) is 35.4 Å². The van der Waals surface area contributed by atoms with Crippen LogP contribution in [0, 0.1) is 0 Å². The van der Waals surface area contributed by atoms with Crippen LogP contribution in [0.4, 0.5) is 0 Å². The monoisotopic (exact) mass is 246 g/mol. The predicted octanol–water partition coefficient (Wildman–Crippen LogP) is 3.08. The van der Waals surface area contributed by atoms with Crippen LogP contribution in [-0.4, -0.2) is 24.5 Å².